The van der Waals surface area contributed by atoms with Gasteiger partial charge in [-0.25, -0.2) is 20.4 Å². The van der Waals surface area contributed by atoms with Gasteiger partial charge in [0.15, 0.2) is 17.4 Å². The summed E-state index contributed by atoms with van der Waals surface area (Å²) in [6.07, 6.45) is -0.966. The van der Waals surface area contributed by atoms with Crippen molar-refractivity contribution in [2.75, 3.05) is 33.2 Å². The molecule has 2 radical (unpaired) electrons. The minimum absolute atomic E-state index is 0. The first-order valence-corrected chi connectivity index (χ1v) is 27.1. The number of benzene rings is 6. The Morgan fingerprint density at radius 1 is 0.692 bits per heavy atom. The standard InChI is InChI=1S/C50H41F2N18O14S3.2CH3.2Cu/c1-25-13-16-33(44(74)75)35(17-25)64-68-43(28-11-7-4-8-12-28)69-65-38-20-31(86-84-82-77)19-36(40(38)72)55-50-60-46(52)58-48(62-50)54-26(2)23-53-47-57-45(51)59-49(61-47)56-37-21-32(87(78,79)80)22-39(41(37)73)66-70-42(27-9-5-3-6-10-27)67-63-34-18-30(85-83-81-76)15-14-29(34)24-71;;;;/h3-22,26H,23H2,1-2H3,(H12,53,54,55,56,57,58,59,60,61,62,63,64,65,66,67,68,69,70,71,72,73,74,75,76,77,78,79,80);2*1H3;;/q3*-1;2*+2/p-1. The Morgan fingerprint density at radius 2 is 1.25 bits per heavy atom. The van der Waals surface area contributed by atoms with Crippen LogP contribution in [0.3, 0.4) is 0 Å². The number of hydrogen-bond acceptors (Lipinski definition) is 29. The summed E-state index contributed by atoms with van der Waals surface area (Å²) in [7, 11) is -5.03. The van der Waals surface area contributed by atoms with Crippen LogP contribution in [-0.4, -0.2) is 105 Å². The summed E-state index contributed by atoms with van der Waals surface area (Å²) < 4.78 is 74.2. The molecule has 482 valence electrons. The maximum atomic E-state index is 15.1. The second kappa shape index (κ2) is 35.2. The van der Waals surface area contributed by atoms with Gasteiger partial charge in [-0.05, 0) is 55.4 Å². The maximum absolute atomic E-state index is 15.1. The maximum Gasteiger partial charge on any atom is 2.00 e. The molecule has 91 heavy (non-hydrogen) atoms. The van der Waals surface area contributed by atoms with Crippen molar-refractivity contribution < 1.29 is 110 Å². The van der Waals surface area contributed by atoms with Crippen LogP contribution in [0.2, 0.25) is 0 Å². The van der Waals surface area contributed by atoms with Crippen molar-refractivity contribution in [3.05, 3.63) is 182 Å². The van der Waals surface area contributed by atoms with Crippen molar-refractivity contribution in [2.24, 2.45) is 30.7 Å². The third-order valence-electron chi connectivity index (χ3n) is 11.0. The minimum atomic E-state index is -5.03. The van der Waals surface area contributed by atoms with Gasteiger partial charge < -0.3 is 66.8 Å². The van der Waals surface area contributed by atoms with E-state index in [4.69, 9.17) is 10.5 Å². The topological polar surface area (TPSA) is 452 Å². The van der Waals surface area contributed by atoms with E-state index in [-0.39, 0.29) is 112 Å². The van der Waals surface area contributed by atoms with E-state index >= 15 is 8.78 Å². The molecule has 0 aliphatic rings. The first-order chi connectivity index (χ1) is 41.8. The van der Waals surface area contributed by atoms with Gasteiger partial charge in [0.25, 0.3) is 10.1 Å². The zero-order valence-corrected chi connectivity index (χ0v) is 51.0. The number of aromatic hydroxyl groups is 2. The molecule has 0 spiro atoms. The smallest absolute Gasteiger partial charge is 0.571 e. The summed E-state index contributed by atoms with van der Waals surface area (Å²) in [6.45, 7) is 3.12. The summed E-state index contributed by atoms with van der Waals surface area (Å²) in [5.74, 6) is -4.80. The summed E-state index contributed by atoms with van der Waals surface area (Å²) >= 11 is 1.02. The molecule has 39 heteroatoms. The van der Waals surface area contributed by atoms with Crippen molar-refractivity contribution in [1.29, 1.82) is 0 Å². The molecule has 2 aromatic heterocycles. The minimum Gasteiger partial charge on any atom is -0.571 e. The van der Waals surface area contributed by atoms with Crippen LogP contribution in [0, 0.1) is 33.9 Å². The molecule has 8 aromatic rings. The Bertz CT molecular complexity index is 4070. The van der Waals surface area contributed by atoms with E-state index in [1.54, 1.807) is 86.9 Å². The van der Waals surface area contributed by atoms with Gasteiger partial charge in [0.2, 0.25) is 23.8 Å². The van der Waals surface area contributed by atoms with Gasteiger partial charge in [-0.2, -0.15) is 58.3 Å². The average molecular weight is 1410 g/mol. The number of phenols is 2. The Balaban J connectivity index is 0.00000442. The predicted octanol–water partition coefficient (Wildman–Crippen LogP) is 11.3. The van der Waals surface area contributed by atoms with Crippen LogP contribution in [-0.2, 0) is 67.8 Å². The molecule has 32 nitrogen and oxygen atoms in total. The third-order valence-corrected chi connectivity index (χ3v) is 12.9. The number of rotatable bonds is 26. The number of amidine groups is 2. The zero-order valence-electron chi connectivity index (χ0n) is 46.7. The number of halogens is 2. The van der Waals surface area contributed by atoms with E-state index in [9.17, 15) is 37.9 Å². The quantitative estimate of drug-likeness (QED) is 0.00229. The zero-order chi connectivity index (χ0) is 62.0. The Kier molecular flexibility index (Phi) is 28.7. The molecular formula is C52H46Cu2F2N18O14S3. The van der Waals surface area contributed by atoms with Gasteiger partial charge in [0.1, 0.15) is 17.1 Å². The molecule has 11 N–H and O–H groups in total. The van der Waals surface area contributed by atoms with E-state index in [0.717, 1.165) is 12.1 Å². The predicted molar refractivity (Wildman–Crippen MR) is 319 cm³/mol. The first kappa shape index (κ1) is 74.2. The van der Waals surface area contributed by atoms with Gasteiger partial charge >= 0.3 is 52.3 Å². The number of carbonyl (C=O) groups excluding carboxylic acids is 1. The fourth-order valence-corrected chi connectivity index (χ4v) is 8.44. The Morgan fingerprint density at radius 3 is 1.87 bits per heavy atom. The normalized spacial score (nSPS) is 11.7. The molecule has 1 unspecified atom stereocenters. The number of hydrazone groups is 1. The van der Waals surface area contributed by atoms with Crippen LogP contribution in [0.25, 0.3) is 5.43 Å². The summed E-state index contributed by atoms with van der Waals surface area (Å²) in [6, 6.07) is 28.3. The second-order valence-corrected chi connectivity index (χ2v) is 20.1. The van der Waals surface area contributed by atoms with Crippen molar-refractivity contribution in [3.63, 3.8) is 0 Å². The van der Waals surface area contributed by atoms with Crippen LogP contribution in [0.15, 0.2) is 167 Å². The van der Waals surface area contributed by atoms with E-state index in [1.165, 1.54) is 42.5 Å². The molecule has 2 heterocycles. The molecule has 8 rings (SSSR count). The number of carboxylic acid groups (broad SMARTS) is 1. The first-order valence-electron chi connectivity index (χ1n) is 24.2. The van der Waals surface area contributed by atoms with Crippen LogP contribution >= 0.6 is 24.1 Å². The van der Waals surface area contributed by atoms with Gasteiger partial charge in [-0.3, -0.25) is 9.98 Å². The number of aromatic nitrogens is 6. The van der Waals surface area contributed by atoms with Crippen LogP contribution in [0.1, 0.15) is 39.5 Å². The van der Waals surface area contributed by atoms with Gasteiger partial charge in [-0.15, -0.1) is 35.6 Å². The van der Waals surface area contributed by atoms with Crippen LogP contribution < -0.4 is 26.7 Å². The van der Waals surface area contributed by atoms with E-state index in [1.807, 2.05) is 0 Å². The summed E-state index contributed by atoms with van der Waals surface area (Å²) in [4.78, 5) is 46.0. The molecule has 6 aromatic carbocycles. The number of aromatic carboxylic acids is 1. The van der Waals surface area contributed by atoms with E-state index in [2.05, 4.69) is 111 Å². The van der Waals surface area contributed by atoms with Gasteiger partial charge in [0, 0.05) is 33.5 Å². The summed E-state index contributed by atoms with van der Waals surface area (Å²) in [5.41, 5.74) is 6.38. The number of nitrogens with one attached hydrogen (secondary N) is 5. The Labute approximate surface area is 544 Å². The molecular weight excluding hydrogens is 1360 g/mol. The van der Waals surface area contributed by atoms with Gasteiger partial charge in [0.05, 0.1) is 52.2 Å². The number of anilines is 7. The van der Waals surface area contributed by atoms with Crippen molar-refractivity contribution in [3.8, 4) is 11.5 Å². The second-order valence-electron chi connectivity index (χ2n) is 17.1. The molecule has 0 bridgehead atoms. The average Bonchev–Trinajstić information content (AvgIpc) is 2.37. The molecule has 0 amide bonds. The molecule has 0 aliphatic carbocycles. The number of aryl methyl sites for hydroxylation is 1. The Hall–Kier alpha value is -9.31. The fraction of sp³-hybridized carbons (Fsp3) is 0.0769. The number of azo groups is 2. The molecule has 0 saturated heterocycles. The van der Waals surface area contributed by atoms with E-state index in [0.29, 0.717) is 45.7 Å². The number of phenolic OH excluding ortho intramolecular Hbond substituents is 2. The SMILES string of the molecule is Cc1ccc(C(=O)O)c(N=N/C(=N\[N-]c2cc(SOOO)cc(Nc3nc(F)nc(NC(C)CNc4nc(F)nc(Nc5cc(S(=O)(=O)O)cc(N/N=C(\N=Nc6cc(SOOO)ccc6[C-]=O)c6ccccc6)c5O)n4)n3)c2O)c2ccccc2)c1.[CH3-].[CH3-].[Cu+2].[Cu+2]. The van der Waals surface area contributed by atoms with Crippen LogP contribution in [0.4, 0.5) is 66.7 Å². The third kappa shape index (κ3) is 21.2. The molecule has 1 atom stereocenters. The van der Waals surface area contributed by atoms with Crippen molar-refractivity contribution in [1.82, 2.24) is 29.9 Å². The monoisotopic (exact) mass is 1410 g/mol. The number of hydrogen-bond donors (Lipinski definition) is 11. The fourth-order valence-electron chi connectivity index (χ4n) is 7.08. The number of nitrogens with zero attached hydrogens (tertiary/aromatic N) is 13. The molecule has 0 aliphatic heterocycles. The van der Waals surface area contributed by atoms with Crippen LogP contribution in [0.5, 0.6) is 11.5 Å². The van der Waals surface area contributed by atoms with Crippen molar-refractivity contribution >= 4 is 116 Å². The largest absolute Gasteiger partial charge is 2.00 e. The summed E-state index contributed by atoms with van der Waals surface area (Å²) in [5, 5.41) is 92.9. The van der Waals surface area contributed by atoms with E-state index < -0.39 is 79.9 Å². The number of carboxylic acids is 1. The van der Waals surface area contributed by atoms with Crippen molar-refractivity contribution in [2.45, 2.75) is 34.6 Å². The molecule has 0 saturated carbocycles. The number of carbonyl (C=O) groups is 1. The molecule has 0 fully saturated rings. The van der Waals surface area contributed by atoms with Gasteiger partial charge in [-0.1, -0.05) is 94.6 Å².